The van der Waals surface area contributed by atoms with Crippen LogP contribution < -0.4 is 10.3 Å². The summed E-state index contributed by atoms with van der Waals surface area (Å²) < 4.78 is 8.21. The Morgan fingerprint density at radius 2 is 1.82 bits per heavy atom. The van der Waals surface area contributed by atoms with E-state index in [1.807, 2.05) is 49.9 Å². The third-order valence-corrected chi connectivity index (χ3v) is 8.73. The molecule has 5 heterocycles. The van der Waals surface area contributed by atoms with E-state index in [1.165, 1.54) is 17.5 Å². The number of aromatic carboxylic acids is 1. The fourth-order valence-corrected chi connectivity index (χ4v) is 6.81. The van der Waals surface area contributed by atoms with E-state index in [9.17, 15) is 19.5 Å². The Morgan fingerprint density at radius 3 is 2.53 bits per heavy atom. The van der Waals surface area contributed by atoms with Crippen LogP contribution in [0.2, 0.25) is 0 Å². The van der Waals surface area contributed by atoms with E-state index in [-0.39, 0.29) is 22.5 Å². The molecule has 0 unspecified atom stereocenters. The molecule has 0 atom stereocenters. The maximum Gasteiger partial charge on any atom is 0.410 e. The smallest absolute Gasteiger partial charge is 0.410 e. The normalized spacial score (nSPS) is 17.7. The average Bonchev–Trinajstić information content (AvgIpc) is 3.45. The second-order valence-electron chi connectivity index (χ2n) is 11.3. The van der Waals surface area contributed by atoms with Gasteiger partial charge >= 0.3 is 12.1 Å². The zero-order valence-corrected chi connectivity index (χ0v) is 22.4. The van der Waals surface area contributed by atoms with Gasteiger partial charge in [-0.05, 0) is 57.6 Å². The number of carbonyl (C=O) groups excluding carboxylic acids is 1. The van der Waals surface area contributed by atoms with Gasteiger partial charge in [-0.25, -0.2) is 14.6 Å². The highest BCUT2D eigenvalue weighted by atomic mass is 32.1. The molecule has 0 aliphatic carbocycles. The van der Waals surface area contributed by atoms with Crippen LogP contribution in [0.5, 0.6) is 0 Å². The fraction of sp³-hybridized carbons (Fsp3) is 0.444. The van der Waals surface area contributed by atoms with Crippen molar-refractivity contribution in [3.63, 3.8) is 0 Å². The lowest BCUT2D eigenvalue weighted by Crippen LogP contribution is -2.43. The fourth-order valence-electron chi connectivity index (χ4n) is 5.63. The van der Waals surface area contributed by atoms with Crippen LogP contribution in [0.25, 0.3) is 26.1 Å². The summed E-state index contributed by atoms with van der Waals surface area (Å²) in [7, 11) is 0. The molecule has 0 radical (unpaired) electrons. The molecule has 0 saturated carbocycles. The van der Waals surface area contributed by atoms with Crippen molar-refractivity contribution in [3.8, 4) is 0 Å². The number of ether oxygens (including phenoxy) is 1. The minimum atomic E-state index is -1.26. The van der Waals surface area contributed by atoms with Crippen molar-refractivity contribution in [2.45, 2.75) is 45.6 Å². The number of amides is 1. The summed E-state index contributed by atoms with van der Waals surface area (Å²) in [5.41, 5.74) is -0.0861. The van der Waals surface area contributed by atoms with Gasteiger partial charge in [-0.2, -0.15) is 4.98 Å². The summed E-state index contributed by atoms with van der Waals surface area (Å²) in [4.78, 5) is 51.4. The van der Waals surface area contributed by atoms with Crippen molar-refractivity contribution in [2.24, 2.45) is 5.41 Å². The number of likely N-dealkylation sites (tertiary alicyclic amines) is 1. The first-order chi connectivity index (χ1) is 18.1. The number of fused-ring (bicyclic) bond motifs is 5. The standard InChI is InChI=1S/C27H29N5O5S/c1-26(2,3)37-25(36)31-13-10-27(15-31)8-11-30(12-9-27)24-28-14-16-20(33)19(23(34)35)22-32(21(16)29-24)17-6-4-5-7-18(17)38-22/h4-7,14H,8-13,15H2,1-3H3,(H,34,35). The summed E-state index contributed by atoms with van der Waals surface area (Å²) in [6.45, 7) is 8.46. The SMILES string of the molecule is CC(C)(C)OC(=O)N1CCC2(CCN(c3ncc4c(=O)c(C(=O)O)c5sc6ccccc6n5c4n3)CC2)C1. The number of hydrogen-bond acceptors (Lipinski definition) is 8. The monoisotopic (exact) mass is 535 g/mol. The number of benzene rings is 1. The van der Waals surface area contributed by atoms with Crippen molar-refractivity contribution >= 4 is 55.4 Å². The highest BCUT2D eigenvalue weighted by Crippen LogP contribution is 2.41. The number of carboxylic acid groups (broad SMARTS) is 1. The predicted molar refractivity (Wildman–Crippen MR) is 145 cm³/mol. The molecule has 198 valence electrons. The second-order valence-corrected chi connectivity index (χ2v) is 12.3. The summed E-state index contributed by atoms with van der Waals surface area (Å²) in [6.07, 6.45) is 3.92. The number of carboxylic acids is 1. The Hall–Kier alpha value is -3.73. The molecule has 11 heteroatoms. The highest BCUT2D eigenvalue weighted by molar-refractivity contribution is 7.24. The van der Waals surface area contributed by atoms with Crippen LogP contribution in [-0.4, -0.2) is 68.2 Å². The zero-order valence-electron chi connectivity index (χ0n) is 21.6. The maximum atomic E-state index is 13.2. The molecule has 2 aliphatic heterocycles. The van der Waals surface area contributed by atoms with E-state index < -0.39 is 17.0 Å². The summed E-state index contributed by atoms with van der Waals surface area (Å²) in [5, 5.41) is 10.0. The summed E-state index contributed by atoms with van der Waals surface area (Å²) >= 11 is 1.27. The summed E-state index contributed by atoms with van der Waals surface area (Å²) in [5.74, 6) is -0.746. The van der Waals surface area contributed by atoms with E-state index >= 15 is 0 Å². The third kappa shape index (κ3) is 4.05. The molecule has 2 saturated heterocycles. The number of piperidine rings is 1. The first kappa shape index (κ1) is 24.6. The van der Waals surface area contributed by atoms with Crippen molar-refractivity contribution in [1.29, 1.82) is 0 Å². The Bertz CT molecular complexity index is 1660. The first-order valence-electron chi connectivity index (χ1n) is 12.7. The van der Waals surface area contributed by atoms with Crippen LogP contribution >= 0.6 is 11.3 Å². The van der Waals surface area contributed by atoms with Gasteiger partial charge < -0.3 is 19.6 Å². The van der Waals surface area contributed by atoms with E-state index in [4.69, 9.17) is 9.72 Å². The molecular formula is C27H29N5O5S. The predicted octanol–water partition coefficient (Wildman–Crippen LogP) is 4.38. The number of carbonyl (C=O) groups is 2. The van der Waals surface area contributed by atoms with Gasteiger partial charge in [0.25, 0.3) is 0 Å². The molecule has 6 rings (SSSR count). The number of para-hydroxylation sites is 1. The summed E-state index contributed by atoms with van der Waals surface area (Å²) in [6, 6.07) is 7.57. The van der Waals surface area contributed by atoms with E-state index in [0.717, 1.165) is 42.6 Å². The molecule has 4 aromatic rings. The van der Waals surface area contributed by atoms with Gasteiger partial charge in [-0.15, -0.1) is 11.3 Å². The molecule has 2 aliphatic rings. The molecule has 1 spiro atoms. The van der Waals surface area contributed by atoms with Crippen LogP contribution in [0.15, 0.2) is 35.3 Å². The van der Waals surface area contributed by atoms with Gasteiger partial charge in [-0.3, -0.25) is 9.20 Å². The number of hydrogen-bond donors (Lipinski definition) is 1. The van der Waals surface area contributed by atoms with Crippen LogP contribution in [0.1, 0.15) is 50.4 Å². The quantitative estimate of drug-likeness (QED) is 0.402. The van der Waals surface area contributed by atoms with Crippen LogP contribution in [0, 0.1) is 5.41 Å². The lowest BCUT2D eigenvalue weighted by molar-refractivity contribution is 0.0266. The molecule has 38 heavy (non-hydrogen) atoms. The number of pyridine rings is 1. The minimum absolute atomic E-state index is 0.0500. The number of anilines is 1. The van der Waals surface area contributed by atoms with Crippen LogP contribution in [0.4, 0.5) is 10.7 Å². The number of aromatic nitrogens is 3. The highest BCUT2D eigenvalue weighted by Gasteiger charge is 2.43. The Kier molecular flexibility index (Phi) is 5.60. The lowest BCUT2D eigenvalue weighted by Gasteiger charge is -2.39. The average molecular weight is 536 g/mol. The second kappa shape index (κ2) is 8.65. The van der Waals surface area contributed by atoms with Gasteiger partial charge in [-0.1, -0.05) is 12.1 Å². The van der Waals surface area contributed by atoms with Gasteiger partial charge in [0, 0.05) is 32.4 Å². The lowest BCUT2D eigenvalue weighted by atomic mass is 9.78. The number of nitrogens with zero attached hydrogens (tertiary/aromatic N) is 5. The Morgan fingerprint density at radius 1 is 1.11 bits per heavy atom. The van der Waals surface area contributed by atoms with Crippen molar-refractivity contribution in [1.82, 2.24) is 19.3 Å². The topological polar surface area (TPSA) is 117 Å². The molecule has 10 nitrogen and oxygen atoms in total. The molecule has 1 amide bonds. The van der Waals surface area contributed by atoms with Crippen LogP contribution in [-0.2, 0) is 4.74 Å². The van der Waals surface area contributed by atoms with Gasteiger partial charge in [0.05, 0.1) is 15.6 Å². The van der Waals surface area contributed by atoms with Gasteiger partial charge in [0.15, 0.2) is 5.65 Å². The number of thiazole rings is 1. The van der Waals surface area contributed by atoms with E-state index in [0.29, 0.717) is 29.5 Å². The third-order valence-electron chi connectivity index (χ3n) is 7.58. The molecule has 0 bridgehead atoms. The first-order valence-corrected chi connectivity index (χ1v) is 13.6. The van der Waals surface area contributed by atoms with Gasteiger partial charge in [0.1, 0.15) is 16.0 Å². The molecule has 3 aromatic heterocycles. The Balaban J connectivity index is 1.31. The largest absolute Gasteiger partial charge is 0.477 e. The molecule has 1 aromatic carbocycles. The minimum Gasteiger partial charge on any atom is -0.477 e. The van der Waals surface area contributed by atoms with Crippen molar-refractivity contribution in [3.05, 3.63) is 46.2 Å². The van der Waals surface area contributed by atoms with E-state index in [2.05, 4.69) is 9.88 Å². The van der Waals surface area contributed by atoms with Crippen molar-refractivity contribution in [2.75, 3.05) is 31.1 Å². The maximum absolute atomic E-state index is 13.2. The van der Waals surface area contributed by atoms with E-state index in [1.54, 1.807) is 4.40 Å². The molecule has 2 fully saturated rings. The number of rotatable bonds is 2. The van der Waals surface area contributed by atoms with Crippen molar-refractivity contribution < 1.29 is 19.4 Å². The van der Waals surface area contributed by atoms with Crippen LogP contribution in [0.3, 0.4) is 0 Å². The molecule has 1 N–H and O–H groups in total. The van der Waals surface area contributed by atoms with Gasteiger partial charge in [0.2, 0.25) is 11.4 Å². The zero-order chi connectivity index (χ0) is 26.8. The molecular weight excluding hydrogens is 506 g/mol. The Labute approximate surface area is 222 Å².